The fourth-order valence-electron chi connectivity index (χ4n) is 10.5. The van der Waals surface area contributed by atoms with Gasteiger partial charge in [0.15, 0.2) is 0 Å². The number of carbonyl (C=O) groups excluding carboxylic acids is 4. The number of amides is 3. The Kier molecular flexibility index (Phi) is 22.1. The van der Waals surface area contributed by atoms with Gasteiger partial charge in [-0.2, -0.15) is 14.1 Å². The van der Waals surface area contributed by atoms with Crippen LogP contribution in [0.2, 0.25) is 0 Å². The molecule has 3 amide bonds. The van der Waals surface area contributed by atoms with E-state index in [1.807, 2.05) is 32.0 Å². The van der Waals surface area contributed by atoms with E-state index in [4.69, 9.17) is 4.74 Å². The number of imide groups is 1. The van der Waals surface area contributed by atoms with Gasteiger partial charge in [0, 0.05) is 42.3 Å². The molecule has 1 saturated heterocycles. The number of aromatic nitrogens is 2. The van der Waals surface area contributed by atoms with Crippen LogP contribution in [0.15, 0.2) is 81.5 Å². The monoisotopic (exact) mass is 1050 g/mol. The van der Waals surface area contributed by atoms with Gasteiger partial charge in [-0.3, -0.25) is 19.0 Å². The van der Waals surface area contributed by atoms with E-state index < -0.39 is 41.1 Å². The highest BCUT2D eigenvalue weighted by Crippen LogP contribution is 2.48. The number of fused-ring (bicyclic) bond motifs is 6. The summed E-state index contributed by atoms with van der Waals surface area (Å²) < 4.78 is 34.0. The summed E-state index contributed by atoms with van der Waals surface area (Å²) in [6.45, 7) is 22.0. The summed E-state index contributed by atoms with van der Waals surface area (Å²) >= 11 is 0. The smallest absolute Gasteiger partial charge is 0.498 e. The van der Waals surface area contributed by atoms with E-state index in [1.165, 1.54) is 30.9 Å². The number of aryl methyl sites for hydroxylation is 3. The molecule has 2 aromatic carbocycles. The Labute approximate surface area is 445 Å². The molecule has 0 saturated carbocycles. The summed E-state index contributed by atoms with van der Waals surface area (Å²) in [6, 6.07) is 6.63. The number of rotatable bonds is 17. The van der Waals surface area contributed by atoms with Gasteiger partial charge in [-0.1, -0.05) is 87.1 Å². The molecule has 3 aliphatic heterocycles. The first-order chi connectivity index (χ1) is 36.1. The molecule has 2 bridgehead atoms. The molecular formula is C60H79F2N4O10+. The van der Waals surface area contributed by atoms with Crippen molar-refractivity contribution in [2.45, 2.75) is 182 Å². The van der Waals surface area contributed by atoms with E-state index in [9.17, 15) is 52.9 Å². The van der Waals surface area contributed by atoms with Crippen molar-refractivity contribution in [2.24, 2.45) is 11.8 Å². The number of ketones is 1. The van der Waals surface area contributed by atoms with E-state index in [0.717, 1.165) is 95.9 Å². The van der Waals surface area contributed by atoms with Gasteiger partial charge in [0.25, 0.3) is 11.7 Å². The van der Waals surface area contributed by atoms with Crippen molar-refractivity contribution in [1.82, 2.24) is 14.5 Å². The molecule has 4 heterocycles. The maximum Gasteiger partial charge on any atom is 0.498 e. The molecule has 1 unspecified atom stereocenters. The Hall–Kier alpha value is -6.71. The Morgan fingerprint density at radius 1 is 0.776 bits per heavy atom. The molecule has 1 aromatic heterocycles. The predicted molar refractivity (Wildman–Crippen MR) is 290 cm³/mol. The van der Waals surface area contributed by atoms with E-state index in [0.29, 0.717) is 23.3 Å². The number of allylic oxidation sites excluding steroid dienone is 6. The van der Waals surface area contributed by atoms with Crippen LogP contribution in [0, 0.1) is 24.6 Å². The summed E-state index contributed by atoms with van der Waals surface area (Å²) in [5.41, 5.74) is 5.80. The summed E-state index contributed by atoms with van der Waals surface area (Å²) in [6.07, 6.45) is 15.0. The van der Waals surface area contributed by atoms with Gasteiger partial charge in [0.2, 0.25) is 5.82 Å². The summed E-state index contributed by atoms with van der Waals surface area (Å²) in [5, 5.41) is 32.2. The summed E-state index contributed by atoms with van der Waals surface area (Å²) in [5.74, 6) is -1.51. The van der Waals surface area contributed by atoms with E-state index in [-0.39, 0.29) is 96.9 Å². The van der Waals surface area contributed by atoms with Crippen molar-refractivity contribution in [3.8, 4) is 23.0 Å². The van der Waals surface area contributed by atoms with Gasteiger partial charge < -0.3 is 25.0 Å². The highest BCUT2D eigenvalue weighted by Gasteiger charge is 2.45. The van der Waals surface area contributed by atoms with Crippen molar-refractivity contribution in [3.05, 3.63) is 126 Å². The molecule has 5 N–H and O–H groups in total. The molecule has 5 aliphatic rings. The van der Waals surface area contributed by atoms with Gasteiger partial charge in [-0.15, -0.1) is 0 Å². The number of aromatic hydroxyl groups is 3. The SMILES string of the molecule is C=C(C)[C@@H]1CCC(C)=C[C@H]1c1c(O)cc(CCCCC)cc1O.C=C(C)[C@@H]1CCC(C)=C[C@H]1c1c(O)cc(CCCCC)cc1OC(=O)CCCn1c(=O)[nH]c(C)c(F)c1=O.O=C1CCCN2C(=O)[NH+]=C(C1)C(F)C2=O. The van der Waals surface area contributed by atoms with Crippen LogP contribution in [-0.4, -0.2) is 71.9 Å². The highest BCUT2D eigenvalue weighted by molar-refractivity contribution is 6.16. The molecule has 1 fully saturated rings. The van der Waals surface area contributed by atoms with E-state index >= 15 is 0 Å². The van der Waals surface area contributed by atoms with Crippen LogP contribution in [0.5, 0.6) is 23.0 Å². The van der Waals surface area contributed by atoms with Crippen LogP contribution < -0.4 is 21.0 Å². The molecule has 8 rings (SSSR count). The van der Waals surface area contributed by atoms with Crippen LogP contribution in [-0.2, 0) is 33.8 Å². The number of benzene rings is 2. The minimum Gasteiger partial charge on any atom is -0.507 e. The van der Waals surface area contributed by atoms with E-state index in [2.05, 4.69) is 63.0 Å². The third kappa shape index (κ3) is 15.7. The van der Waals surface area contributed by atoms with Gasteiger partial charge in [-0.25, -0.2) is 19.0 Å². The highest BCUT2D eigenvalue weighted by atomic mass is 19.1. The maximum atomic E-state index is 13.9. The topological polar surface area (TPSA) is 210 Å². The fourth-order valence-corrected chi connectivity index (χ4v) is 10.5. The number of carbonyl (C=O) groups is 4. The number of hydrogen-bond donors (Lipinski definition) is 5. The van der Waals surface area contributed by atoms with E-state index in [1.54, 1.807) is 6.07 Å². The van der Waals surface area contributed by atoms with Crippen molar-refractivity contribution in [1.29, 1.82) is 0 Å². The minimum atomic E-state index is -1.87. The number of esters is 1. The van der Waals surface area contributed by atoms with Gasteiger partial charge in [-0.05, 0) is 146 Å². The average molecular weight is 1050 g/mol. The molecule has 14 nitrogen and oxygen atoms in total. The molecule has 76 heavy (non-hydrogen) atoms. The van der Waals surface area contributed by atoms with Crippen LogP contribution in [0.3, 0.4) is 0 Å². The number of urea groups is 1. The number of halogens is 2. The first-order valence-electron chi connectivity index (χ1n) is 27.0. The number of ether oxygens (including phenoxy) is 1. The first kappa shape index (κ1) is 60.2. The zero-order valence-electron chi connectivity index (χ0n) is 45.5. The van der Waals surface area contributed by atoms with Gasteiger partial charge in [0.1, 0.15) is 34.5 Å². The lowest BCUT2D eigenvalue weighted by Gasteiger charge is -2.32. The molecule has 0 spiro atoms. The number of nitrogens with zero attached hydrogens (tertiary/aromatic N) is 2. The molecule has 2 aliphatic carbocycles. The fraction of sp³-hybridized carbons (Fsp3) is 0.517. The Morgan fingerprint density at radius 2 is 1.30 bits per heavy atom. The second kappa shape index (κ2) is 27.9. The number of phenols is 3. The number of Topliss-reactive ketones (excluding diaryl/α,β-unsaturated/α-hetero) is 1. The second-order valence-electron chi connectivity index (χ2n) is 21.1. The number of H-pyrrole nitrogens is 1. The lowest BCUT2D eigenvalue weighted by Crippen LogP contribution is -2.87. The number of hydrogen-bond acceptors (Lipinski definition) is 10. The van der Waals surface area contributed by atoms with Crippen molar-refractivity contribution in [3.63, 3.8) is 0 Å². The van der Waals surface area contributed by atoms with Crippen LogP contribution in [0.4, 0.5) is 13.6 Å². The molecular weight excluding hydrogens is 975 g/mol. The lowest BCUT2D eigenvalue weighted by atomic mass is 9.73. The average Bonchev–Trinajstić information content (AvgIpc) is 3.45. The lowest BCUT2D eigenvalue weighted by molar-refractivity contribution is -0.362. The zero-order chi connectivity index (χ0) is 56.0. The largest absolute Gasteiger partial charge is 0.507 e. The summed E-state index contributed by atoms with van der Waals surface area (Å²) in [7, 11) is 0. The molecule has 3 aromatic rings. The quantitative estimate of drug-likeness (QED) is 0.0374. The standard InChI is InChI=1S/C30H39FN2O5.C21H30O2.C9H9FN2O3/c1-6-7-8-10-21-16-24(34)27(23-15-19(4)12-13-22(23)18(2)3)25(17-21)38-26(35)11-9-14-33-29(36)28(31)20(5)32-30(33)37;1-5-6-7-8-16-12-19(22)21(20(23)13-16)18-11-15(4)9-10-17(18)14(2)3;10-7-6-4-5(13)2-1-3-12(8(7)14)9(15)11-6/h15-17,22-23,34H,2,6-14H2,1,3-5H3,(H,32,37);11-13,17-18,22-23H,2,5-10H2,1,3-4H3;7H,1-4H2/p+1/t22-,23+;17-,18+;/m00./s1. The first-order valence-corrected chi connectivity index (χ1v) is 27.0. The second-order valence-corrected chi connectivity index (χ2v) is 21.1. The third-order valence-corrected chi connectivity index (χ3v) is 14.8. The maximum absolute atomic E-state index is 13.9. The van der Waals surface area contributed by atoms with Gasteiger partial charge in [0.05, 0.1) is 18.7 Å². The summed E-state index contributed by atoms with van der Waals surface area (Å²) in [4.78, 5) is 76.5. The Bertz CT molecular complexity index is 2850. The number of alkyl halides is 1. The van der Waals surface area contributed by atoms with Crippen LogP contribution in [0.25, 0.3) is 0 Å². The van der Waals surface area contributed by atoms with Gasteiger partial charge >= 0.3 is 23.6 Å². The van der Waals surface area contributed by atoms with Crippen molar-refractivity contribution in [2.75, 3.05) is 6.54 Å². The minimum absolute atomic E-state index is 0.0194. The Balaban J connectivity index is 0.000000236. The van der Waals surface area contributed by atoms with Crippen LogP contribution in [0.1, 0.15) is 178 Å². The molecule has 5 atom stereocenters. The molecule has 16 heteroatoms. The van der Waals surface area contributed by atoms with Crippen LogP contribution >= 0.6 is 0 Å². The number of phenolic OH excluding ortho intramolecular Hbond substituents is 3. The van der Waals surface area contributed by atoms with Crippen molar-refractivity contribution < 1.29 is 53.0 Å². The third-order valence-electron chi connectivity index (χ3n) is 14.8. The van der Waals surface area contributed by atoms with Crippen molar-refractivity contribution >= 4 is 29.4 Å². The number of aromatic amines is 1. The normalized spacial score (nSPS) is 20.4. The predicted octanol–water partition coefficient (Wildman–Crippen LogP) is 10.2. The zero-order valence-corrected chi connectivity index (χ0v) is 45.5. The number of unbranched alkanes of at least 4 members (excludes halogenated alkanes) is 4. The molecule has 0 radical (unpaired) electrons. The Morgan fingerprint density at radius 3 is 1.84 bits per heavy atom. The number of nitrogens with one attached hydrogen (secondary N) is 2. The molecule has 412 valence electrons.